The molecule has 4 aromatic rings. The molecule has 9 heteroatoms. The normalized spacial score (nSPS) is 12.1. The first-order valence-electron chi connectivity index (χ1n) is 15.4. The number of anilines is 1. The highest BCUT2D eigenvalue weighted by Gasteiger charge is 2.34. The molecule has 0 aliphatic rings. The van der Waals surface area contributed by atoms with Gasteiger partial charge in [0, 0.05) is 24.5 Å². The van der Waals surface area contributed by atoms with Crippen LogP contribution in [-0.4, -0.2) is 44.3 Å². The first-order valence-corrected chi connectivity index (χ1v) is 17.2. The molecule has 0 unspecified atom stereocenters. The molecule has 0 aliphatic carbocycles. The Kier molecular flexibility index (Phi) is 11.7. The Balaban J connectivity index is 1.82. The monoisotopic (exact) mass is 659 g/mol. The lowest BCUT2D eigenvalue weighted by molar-refractivity contribution is -0.140. The lowest BCUT2D eigenvalue weighted by atomic mass is 10.0. The third-order valence-corrected chi connectivity index (χ3v) is 9.89. The Labute approximate surface area is 278 Å². The lowest BCUT2D eigenvalue weighted by Crippen LogP contribution is -2.53. The Hall–Kier alpha value is -4.14. The number of hydrogen-bond acceptors (Lipinski definition) is 4. The van der Waals surface area contributed by atoms with Crippen LogP contribution in [0.15, 0.2) is 102 Å². The van der Waals surface area contributed by atoms with Gasteiger partial charge < -0.3 is 10.2 Å². The second-order valence-electron chi connectivity index (χ2n) is 12.1. The number of nitrogens with zero attached hydrogens (tertiary/aromatic N) is 2. The van der Waals surface area contributed by atoms with Gasteiger partial charge in [-0.3, -0.25) is 13.9 Å². The zero-order valence-electron chi connectivity index (χ0n) is 27.0. The van der Waals surface area contributed by atoms with Gasteiger partial charge in [-0.1, -0.05) is 91.7 Å². The zero-order chi connectivity index (χ0) is 33.4. The maximum atomic E-state index is 14.6. The van der Waals surface area contributed by atoms with Crippen molar-refractivity contribution in [1.29, 1.82) is 0 Å². The summed E-state index contributed by atoms with van der Waals surface area (Å²) in [5.74, 6) is -0.596. The predicted octanol–water partition coefficient (Wildman–Crippen LogP) is 6.87. The van der Waals surface area contributed by atoms with Gasteiger partial charge >= 0.3 is 0 Å². The maximum absolute atomic E-state index is 14.6. The van der Waals surface area contributed by atoms with E-state index in [4.69, 9.17) is 11.6 Å². The molecule has 4 rings (SSSR count). The molecular weight excluding hydrogens is 618 g/mol. The van der Waals surface area contributed by atoms with Gasteiger partial charge in [0.25, 0.3) is 10.0 Å². The molecule has 46 heavy (non-hydrogen) atoms. The van der Waals surface area contributed by atoms with E-state index in [0.717, 1.165) is 32.1 Å². The van der Waals surface area contributed by atoms with Gasteiger partial charge in [-0.05, 0) is 85.3 Å². The first kappa shape index (κ1) is 34.7. The topological polar surface area (TPSA) is 86.8 Å². The smallest absolute Gasteiger partial charge is 0.264 e. The average Bonchev–Trinajstić information content (AvgIpc) is 3.02. The molecule has 4 aromatic carbocycles. The number of sulfonamides is 1. The second kappa shape index (κ2) is 15.4. The minimum atomic E-state index is -4.21. The lowest BCUT2D eigenvalue weighted by Gasteiger charge is -2.34. The van der Waals surface area contributed by atoms with E-state index in [1.165, 1.54) is 29.2 Å². The second-order valence-corrected chi connectivity index (χ2v) is 14.4. The van der Waals surface area contributed by atoms with Crippen LogP contribution < -0.4 is 9.62 Å². The molecule has 0 saturated carbocycles. The van der Waals surface area contributed by atoms with Crippen LogP contribution >= 0.6 is 11.6 Å². The molecule has 2 amide bonds. The number of hydrogen-bond donors (Lipinski definition) is 1. The molecule has 0 radical (unpaired) electrons. The van der Waals surface area contributed by atoms with Crippen molar-refractivity contribution in [3.63, 3.8) is 0 Å². The first-order chi connectivity index (χ1) is 21.8. The van der Waals surface area contributed by atoms with Crippen LogP contribution in [0.4, 0.5) is 5.69 Å². The summed E-state index contributed by atoms with van der Waals surface area (Å²) < 4.78 is 29.5. The Bertz CT molecular complexity index is 1760. The SMILES string of the molecule is Cc1cccc(CN(C(=O)CN(c2ccc(C)c(C)c2)S(=O)(=O)c2ccc(Cl)cc2)[C@@H](Cc2ccccc2)C(=O)NCC(C)C)c1. The van der Waals surface area contributed by atoms with Crippen molar-refractivity contribution in [2.45, 2.75) is 58.5 Å². The van der Waals surface area contributed by atoms with Crippen LogP contribution in [0.5, 0.6) is 0 Å². The molecule has 0 fully saturated rings. The van der Waals surface area contributed by atoms with E-state index < -0.39 is 28.5 Å². The quantitative estimate of drug-likeness (QED) is 0.170. The van der Waals surface area contributed by atoms with Crippen molar-refractivity contribution in [2.75, 3.05) is 17.4 Å². The summed E-state index contributed by atoms with van der Waals surface area (Å²) in [6.45, 7) is 9.86. The summed E-state index contributed by atoms with van der Waals surface area (Å²) >= 11 is 6.08. The number of halogens is 1. The summed E-state index contributed by atoms with van der Waals surface area (Å²) in [4.78, 5) is 30.0. The Morgan fingerprint density at radius 1 is 0.804 bits per heavy atom. The summed E-state index contributed by atoms with van der Waals surface area (Å²) in [5, 5.41) is 3.41. The fraction of sp³-hybridized carbons (Fsp3) is 0.297. The van der Waals surface area contributed by atoms with Crippen LogP contribution in [0, 0.1) is 26.7 Å². The van der Waals surface area contributed by atoms with E-state index >= 15 is 0 Å². The number of benzene rings is 4. The van der Waals surface area contributed by atoms with Crippen molar-refractivity contribution in [2.24, 2.45) is 5.92 Å². The van der Waals surface area contributed by atoms with Crippen LogP contribution in [-0.2, 0) is 32.6 Å². The molecule has 0 heterocycles. The number of aryl methyl sites for hydroxylation is 3. The van der Waals surface area contributed by atoms with Crippen LogP contribution in [0.1, 0.15) is 41.7 Å². The molecule has 0 aromatic heterocycles. The van der Waals surface area contributed by atoms with E-state index in [1.807, 2.05) is 95.3 Å². The minimum absolute atomic E-state index is 0.00340. The number of rotatable bonds is 13. The highest BCUT2D eigenvalue weighted by atomic mass is 35.5. The van der Waals surface area contributed by atoms with E-state index in [-0.39, 0.29) is 29.7 Å². The predicted molar refractivity (Wildman–Crippen MR) is 185 cm³/mol. The molecule has 0 saturated heterocycles. The number of nitrogens with one attached hydrogen (secondary N) is 1. The van der Waals surface area contributed by atoms with Gasteiger partial charge in [0.15, 0.2) is 0 Å². The number of carbonyl (C=O) groups is 2. The molecule has 0 aliphatic heterocycles. The largest absolute Gasteiger partial charge is 0.354 e. The van der Waals surface area contributed by atoms with Crippen molar-refractivity contribution >= 4 is 39.1 Å². The highest BCUT2D eigenvalue weighted by molar-refractivity contribution is 7.92. The molecule has 1 atom stereocenters. The molecule has 0 bridgehead atoms. The van der Waals surface area contributed by atoms with E-state index in [1.54, 1.807) is 12.1 Å². The molecular formula is C37H42ClN3O4S. The van der Waals surface area contributed by atoms with Gasteiger partial charge in [0.05, 0.1) is 10.6 Å². The van der Waals surface area contributed by atoms with E-state index in [2.05, 4.69) is 5.32 Å². The maximum Gasteiger partial charge on any atom is 0.264 e. The van der Waals surface area contributed by atoms with Crippen LogP contribution in [0.25, 0.3) is 0 Å². The van der Waals surface area contributed by atoms with Crippen molar-refractivity contribution in [1.82, 2.24) is 10.2 Å². The third kappa shape index (κ3) is 8.98. The Morgan fingerprint density at radius 2 is 1.48 bits per heavy atom. The van der Waals surface area contributed by atoms with Gasteiger partial charge in [-0.2, -0.15) is 0 Å². The fourth-order valence-electron chi connectivity index (χ4n) is 5.13. The van der Waals surface area contributed by atoms with E-state index in [0.29, 0.717) is 17.3 Å². The van der Waals surface area contributed by atoms with Gasteiger partial charge in [0.2, 0.25) is 11.8 Å². The molecule has 0 spiro atoms. The molecule has 242 valence electrons. The zero-order valence-corrected chi connectivity index (χ0v) is 28.6. The van der Waals surface area contributed by atoms with Crippen LogP contribution in [0.3, 0.4) is 0 Å². The van der Waals surface area contributed by atoms with Gasteiger partial charge in [-0.15, -0.1) is 0 Å². The third-order valence-electron chi connectivity index (χ3n) is 7.85. The van der Waals surface area contributed by atoms with Crippen molar-refractivity contribution < 1.29 is 18.0 Å². The summed E-state index contributed by atoms with van der Waals surface area (Å²) in [6.07, 6.45) is 0.260. The van der Waals surface area contributed by atoms with Crippen LogP contribution in [0.2, 0.25) is 5.02 Å². The van der Waals surface area contributed by atoms with Gasteiger partial charge in [-0.25, -0.2) is 8.42 Å². The molecule has 1 N–H and O–H groups in total. The summed E-state index contributed by atoms with van der Waals surface area (Å²) in [6, 6.07) is 27.6. The summed E-state index contributed by atoms with van der Waals surface area (Å²) in [5.41, 5.74) is 4.95. The standard InChI is InChI=1S/C37H42ClN3O4S/c1-26(2)23-39-37(43)35(22-30-11-7-6-8-12-30)40(24-31-13-9-10-27(3)20-31)36(42)25-41(33-17-14-28(4)29(5)21-33)46(44,45)34-18-15-32(38)16-19-34/h6-21,26,35H,22-25H2,1-5H3,(H,39,43)/t35-/m0/s1. The number of amides is 2. The molecule has 7 nitrogen and oxygen atoms in total. The van der Waals surface area contributed by atoms with Crippen molar-refractivity contribution in [3.05, 3.63) is 130 Å². The minimum Gasteiger partial charge on any atom is -0.354 e. The highest BCUT2D eigenvalue weighted by Crippen LogP contribution is 2.28. The summed E-state index contributed by atoms with van der Waals surface area (Å²) in [7, 11) is -4.21. The van der Waals surface area contributed by atoms with E-state index in [9.17, 15) is 18.0 Å². The average molecular weight is 660 g/mol. The fourth-order valence-corrected chi connectivity index (χ4v) is 6.66. The number of carbonyl (C=O) groups excluding carboxylic acids is 2. The van der Waals surface area contributed by atoms with Crippen molar-refractivity contribution in [3.8, 4) is 0 Å². The Morgan fingerprint density at radius 3 is 2.11 bits per heavy atom. The van der Waals surface area contributed by atoms with Gasteiger partial charge in [0.1, 0.15) is 12.6 Å².